The van der Waals surface area contributed by atoms with Crippen molar-refractivity contribution in [3.05, 3.63) is 73.2 Å². The number of hydrogen-bond donors (Lipinski definition) is 0. The topological polar surface area (TPSA) is 84.2 Å². The second kappa shape index (κ2) is 9.74. The molecule has 0 unspecified atom stereocenters. The Labute approximate surface area is 182 Å². The maximum absolute atomic E-state index is 13.0. The maximum Gasteiger partial charge on any atom is 0.244 e. The molecule has 1 aliphatic rings. The zero-order chi connectivity index (χ0) is 22.4. The van der Waals surface area contributed by atoms with Gasteiger partial charge in [-0.15, -0.1) is 0 Å². The molecule has 31 heavy (non-hydrogen) atoms. The number of sulfonamides is 1. The molecule has 0 aliphatic carbocycles. The summed E-state index contributed by atoms with van der Waals surface area (Å²) in [4.78, 5) is 12.1. The number of aromatic nitrogens is 1. The first kappa shape index (κ1) is 22.5. The van der Waals surface area contributed by atoms with Crippen LogP contribution in [0, 0.1) is 0 Å². The van der Waals surface area contributed by atoms with Crippen molar-refractivity contribution >= 4 is 34.7 Å². The van der Waals surface area contributed by atoms with E-state index in [1.807, 2.05) is 12.1 Å². The zero-order valence-corrected chi connectivity index (χ0v) is 18.0. The zero-order valence-electron chi connectivity index (χ0n) is 17.2. The molecule has 0 N–H and O–H groups in total. The summed E-state index contributed by atoms with van der Waals surface area (Å²) in [6, 6.07) is 7.13. The van der Waals surface area contributed by atoms with E-state index in [0.717, 1.165) is 11.1 Å². The molecular weight excluding hydrogens is 412 g/mol. The van der Waals surface area contributed by atoms with Crippen molar-refractivity contribution in [2.45, 2.75) is 4.90 Å². The van der Waals surface area contributed by atoms with Crippen LogP contribution in [-0.4, -0.2) is 57.4 Å². The molecule has 0 amide bonds. The first-order chi connectivity index (χ1) is 14.9. The number of hydrogen-bond acceptors (Lipinski definition) is 6. The van der Waals surface area contributed by atoms with Crippen LogP contribution in [0.15, 0.2) is 82.5 Å². The predicted molar refractivity (Wildman–Crippen MR) is 125 cm³/mol. The Morgan fingerprint density at radius 2 is 1.84 bits per heavy atom. The van der Waals surface area contributed by atoms with Gasteiger partial charge in [-0.1, -0.05) is 19.2 Å². The van der Waals surface area contributed by atoms with Crippen LogP contribution in [0.3, 0.4) is 0 Å². The minimum atomic E-state index is -3.65. The van der Waals surface area contributed by atoms with Gasteiger partial charge in [-0.05, 0) is 54.4 Å². The molecule has 1 fully saturated rings. The average Bonchev–Trinajstić information content (AvgIpc) is 2.82. The Kier molecular flexibility index (Phi) is 7.06. The van der Waals surface area contributed by atoms with Crippen LogP contribution in [0.1, 0.15) is 5.56 Å². The standard InChI is InChI=1S/C23H24N4O3S/c1-17(7-8-24-3)18(2)22-14-19(5-6-23(22)25-4)20-13-21(16-26-15-20)31(28,29)27-9-11-30-12-10-27/h5-8,13-16H,1-4,9-12H2/b8-7-. The van der Waals surface area contributed by atoms with E-state index in [4.69, 9.17) is 4.74 Å². The lowest BCUT2D eigenvalue weighted by molar-refractivity contribution is 0.0730. The van der Waals surface area contributed by atoms with Gasteiger partial charge in [-0.2, -0.15) is 4.31 Å². The SMILES string of the molecule is C=N/C=C\C(=C)C(=C)c1cc(-c2cncc(S(=O)(=O)N3CCOCC3)c2)ccc1N=C. The van der Waals surface area contributed by atoms with E-state index >= 15 is 0 Å². The van der Waals surface area contributed by atoms with Crippen LogP contribution in [0.5, 0.6) is 0 Å². The fourth-order valence-corrected chi connectivity index (χ4v) is 4.56. The molecule has 3 rings (SSSR count). The lowest BCUT2D eigenvalue weighted by Gasteiger charge is -2.26. The minimum Gasteiger partial charge on any atom is -0.379 e. The van der Waals surface area contributed by atoms with Gasteiger partial charge in [0.1, 0.15) is 4.90 Å². The van der Waals surface area contributed by atoms with Gasteiger partial charge in [0.2, 0.25) is 10.0 Å². The summed E-state index contributed by atoms with van der Waals surface area (Å²) < 4.78 is 32.7. The van der Waals surface area contributed by atoms with Gasteiger partial charge in [-0.25, -0.2) is 8.42 Å². The summed E-state index contributed by atoms with van der Waals surface area (Å²) in [5.74, 6) is 0. The average molecular weight is 437 g/mol. The highest BCUT2D eigenvalue weighted by atomic mass is 32.2. The molecule has 160 valence electrons. The second-order valence-corrected chi connectivity index (χ2v) is 8.76. The third-order valence-corrected chi connectivity index (χ3v) is 6.78. The Morgan fingerprint density at radius 1 is 1.10 bits per heavy atom. The molecule has 7 nitrogen and oxygen atoms in total. The Morgan fingerprint density at radius 3 is 2.52 bits per heavy atom. The fraction of sp³-hybridized carbons (Fsp3) is 0.174. The van der Waals surface area contributed by atoms with Crippen molar-refractivity contribution in [3.63, 3.8) is 0 Å². The summed E-state index contributed by atoms with van der Waals surface area (Å²) in [7, 11) is -3.65. The minimum absolute atomic E-state index is 0.141. The summed E-state index contributed by atoms with van der Waals surface area (Å²) in [5, 5.41) is 0. The van der Waals surface area contributed by atoms with Gasteiger partial charge in [0.05, 0.1) is 18.9 Å². The van der Waals surface area contributed by atoms with Gasteiger partial charge in [-0.3, -0.25) is 15.0 Å². The molecule has 0 atom stereocenters. The third-order valence-electron chi connectivity index (χ3n) is 4.92. The summed E-state index contributed by atoms with van der Waals surface area (Å²) in [6.07, 6.45) is 6.22. The lowest BCUT2D eigenvalue weighted by atomic mass is 9.95. The van der Waals surface area contributed by atoms with Gasteiger partial charge in [0, 0.05) is 42.8 Å². The molecule has 1 aromatic carbocycles. The quantitative estimate of drug-likeness (QED) is 0.464. The molecule has 0 bridgehead atoms. The summed E-state index contributed by atoms with van der Waals surface area (Å²) in [6.45, 7) is 16.6. The number of aliphatic imine (C=N–C) groups is 2. The van der Waals surface area contributed by atoms with Gasteiger partial charge < -0.3 is 4.74 Å². The van der Waals surface area contributed by atoms with Crippen molar-refractivity contribution in [1.82, 2.24) is 9.29 Å². The number of benzene rings is 1. The van der Waals surface area contributed by atoms with E-state index in [1.165, 1.54) is 16.7 Å². The van der Waals surface area contributed by atoms with Crippen LogP contribution in [-0.2, 0) is 14.8 Å². The Balaban J connectivity index is 2.00. The number of pyridine rings is 1. The molecule has 1 saturated heterocycles. The molecule has 0 radical (unpaired) electrons. The van der Waals surface area contributed by atoms with Crippen LogP contribution < -0.4 is 0 Å². The van der Waals surface area contributed by atoms with Crippen LogP contribution in [0.4, 0.5) is 5.69 Å². The molecule has 8 heteroatoms. The molecule has 1 aromatic heterocycles. The highest BCUT2D eigenvalue weighted by Crippen LogP contribution is 2.34. The van der Waals surface area contributed by atoms with Crippen LogP contribution >= 0.6 is 0 Å². The smallest absolute Gasteiger partial charge is 0.244 e. The number of morpholine rings is 1. The molecule has 0 saturated carbocycles. The van der Waals surface area contributed by atoms with Crippen LogP contribution in [0.25, 0.3) is 16.7 Å². The molecule has 0 spiro atoms. The number of ether oxygens (including phenoxy) is 1. The van der Waals surface area contributed by atoms with E-state index in [-0.39, 0.29) is 4.90 Å². The predicted octanol–water partition coefficient (Wildman–Crippen LogP) is 3.89. The fourth-order valence-electron chi connectivity index (χ4n) is 3.17. The van der Waals surface area contributed by atoms with Crippen molar-refractivity contribution in [2.24, 2.45) is 9.98 Å². The van der Waals surface area contributed by atoms with Gasteiger partial charge in [0.15, 0.2) is 0 Å². The van der Waals surface area contributed by atoms with Crippen molar-refractivity contribution in [3.8, 4) is 11.1 Å². The van der Waals surface area contributed by atoms with E-state index in [1.54, 1.807) is 24.4 Å². The Bertz CT molecular complexity index is 1160. The molecule has 2 heterocycles. The number of rotatable bonds is 8. The lowest BCUT2D eigenvalue weighted by Crippen LogP contribution is -2.40. The number of nitrogens with zero attached hydrogens (tertiary/aromatic N) is 4. The van der Waals surface area contributed by atoms with Crippen LogP contribution in [0.2, 0.25) is 0 Å². The monoisotopic (exact) mass is 436 g/mol. The van der Waals surface area contributed by atoms with Crippen molar-refractivity contribution < 1.29 is 13.2 Å². The van der Waals surface area contributed by atoms with E-state index in [9.17, 15) is 8.42 Å². The maximum atomic E-state index is 13.0. The van der Waals surface area contributed by atoms with Crippen molar-refractivity contribution in [1.29, 1.82) is 0 Å². The highest BCUT2D eigenvalue weighted by Gasteiger charge is 2.27. The van der Waals surface area contributed by atoms with Gasteiger partial charge >= 0.3 is 0 Å². The highest BCUT2D eigenvalue weighted by molar-refractivity contribution is 7.89. The molecule has 2 aromatic rings. The largest absolute Gasteiger partial charge is 0.379 e. The number of allylic oxidation sites excluding steroid dienone is 3. The van der Waals surface area contributed by atoms with E-state index in [0.29, 0.717) is 48.7 Å². The second-order valence-electron chi connectivity index (χ2n) is 6.82. The van der Waals surface area contributed by atoms with Gasteiger partial charge in [0.25, 0.3) is 0 Å². The van der Waals surface area contributed by atoms with Crippen molar-refractivity contribution in [2.75, 3.05) is 26.3 Å². The van der Waals surface area contributed by atoms with E-state index in [2.05, 4.69) is 41.6 Å². The molecular formula is C23H24N4O3S. The third kappa shape index (κ3) is 4.93. The normalized spacial score (nSPS) is 15.0. The molecule has 1 aliphatic heterocycles. The first-order valence-corrected chi connectivity index (χ1v) is 11.0. The summed E-state index contributed by atoms with van der Waals surface area (Å²) in [5.41, 5.74) is 4.10. The summed E-state index contributed by atoms with van der Waals surface area (Å²) >= 11 is 0. The van der Waals surface area contributed by atoms with E-state index < -0.39 is 10.0 Å². The first-order valence-electron chi connectivity index (χ1n) is 9.53. The Hall–Kier alpha value is -3.20.